The van der Waals surface area contributed by atoms with Crippen LogP contribution in [0.15, 0.2) is 24.3 Å². The number of hydrogen-bond donors (Lipinski definition) is 1. The van der Waals surface area contributed by atoms with Gasteiger partial charge in [-0.1, -0.05) is 19.1 Å². The van der Waals surface area contributed by atoms with E-state index in [1.165, 1.54) is 5.56 Å². The second-order valence-electron chi connectivity index (χ2n) is 8.06. The van der Waals surface area contributed by atoms with Gasteiger partial charge in [0.25, 0.3) is 0 Å². The Balaban J connectivity index is 1.64. The summed E-state index contributed by atoms with van der Waals surface area (Å²) >= 11 is 0. The molecule has 1 aromatic rings. The number of nitrogens with zero attached hydrogens (tertiary/aromatic N) is 2. The van der Waals surface area contributed by atoms with Gasteiger partial charge < -0.3 is 9.80 Å². The first-order chi connectivity index (χ1) is 13.8. The number of carbonyl (C=O) groups excluding carboxylic acids is 2. The number of benzene rings is 1. The summed E-state index contributed by atoms with van der Waals surface area (Å²) in [6.07, 6.45) is 5.78. The number of piperidine rings is 1. The zero-order valence-corrected chi connectivity index (χ0v) is 18.1. The molecule has 0 radical (unpaired) electrons. The van der Waals surface area contributed by atoms with Gasteiger partial charge in [0.1, 0.15) is 0 Å². The van der Waals surface area contributed by atoms with Gasteiger partial charge in [0.05, 0.1) is 12.2 Å². The van der Waals surface area contributed by atoms with E-state index in [1.54, 1.807) is 4.90 Å². The van der Waals surface area contributed by atoms with Crippen molar-refractivity contribution >= 4 is 27.5 Å². The van der Waals surface area contributed by atoms with E-state index in [4.69, 9.17) is 0 Å². The molecule has 0 spiro atoms. The van der Waals surface area contributed by atoms with E-state index in [0.29, 0.717) is 26.1 Å². The number of nitrogens with one attached hydrogen (secondary N) is 1. The molecule has 160 valence electrons. The standard InChI is InChI=1S/C21H31N3O4S/c1-3-16-7-9-19(10-8-16)24-15-17(14-20(24)25)21(26)23-13-5-4-6-18(23)11-12-22-29(2,27)28/h7-10,17-18,22H,3-6,11-15H2,1-2H3. The van der Waals surface area contributed by atoms with Gasteiger partial charge >= 0.3 is 0 Å². The zero-order valence-electron chi connectivity index (χ0n) is 17.3. The van der Waals surface area contributed by atoms with Crippen LogP contribution in [0.25, 0.3) is 0 Å². The quantitative estimate of drug-likeness (QED) is 0.729. The van der Waals surface area contributed by atoms with E-state index in [2.05, 4.69) is 11.6 Å². The Hall–Kier alpha value is -1.93. The van der Waals surface area contributed by atoms with Crippen molar-refractivity contribution in [3.8, 4) is 0 Å². The van der Waals surface area contributed by atoms with Crippen molar-refractivity contribution in [2.45, 2.75) is 51.5 Å². The monoisotopic (exact) mass is 421 g/mol. The summed E-state index contributed by atoms with van der Waals surface area (Å²) in [5.74, 6) is -0.327. The normalized spacial score (nSPS) is 22.9. The highest BCUT2D eigenvalue weighted by atomic mass is 32.2. The van der Waals surface area contributed by atoms with E-state index in [1.807, 2.05) is 29.2 Å². The summed E-state index contributed by atoms with van der Waals surface area (Å²) in [5, 5.41) is 0. The Morgan fingerprint density at radius 3 is 2.59 bits per heavy atom. The predicted molar refractivity (Wildman–Crippen MR) is 113 cm³/mol. The van der Waals surface area contributed by atoms with Crippen LogP contribution in [0.4, 0.5) is 5.69 Å². The summed E-state index contributed by atoms with van der Waals surface area (Å²) in [6, 6.07) is 7.97. The maximum Gasteiger partial charge on any atom is 0.228 e. The van der Waals surface area contributed by atoms with E-state index in [9.17, 15) is 18.0 Å². The number of aryl methyl sites for hydroxylation is 1. The number of amides is 2. The van der Waals surface area contributed by atoms with E-state index in [0.717, 1.165) is 37.6 Å². The fourth-order valence-corrected chi connectivity index (χ4v) is 4.76. The SMILES string of the molecule is CCc1ccc(N2CC(C(=O)N3CCCCC3CCNS(C)(=O)=O)CC2=O)cc1. The molecule has 2 aliphatic rings. The number of sulfonamides is 1. The number of likely N-dealkylation sites (tertiary alicyclic amines) is 1. The fourth-order valence-electron chi connectivity index (χ4n) is 4.27. The first-order valence-corrected chi connectivity index (χ1v) is 12.3. The molecule has 0 saturated carbocycles. The van der Waals surface area contributed by atoms with Crippen molar-refractivity contribution < 1.29 is 18.0 Å². The molecular formula is C21H31N3O4S. The second kappa shape index (κ2) is 9.26. The highest BCUT2D eigenvalue weighted by molar-refractivity contribution is 7.88. The summed E-state index contributed by atoms with van der Waals surface area (Å²) in [7, 11) is -3.23. The molecule has 1 N–H and O–H groups in total. The minimum absolute atomic E-state index is 0.0140. The van der Waals surface area contributed by atoms with Crippen LogP contribution in [-0.2, 0) is 26.0 Å². The highest BCUT2D eigenvalue weighted by Gasteiger charge is 2.39. The summed E-state index contributed by atoms with van der Waals surface area (Å²) < 4.78 is 25.1. The Kier molecular flexibility index (Phi) is 6.95. The summed E-state index contributed by atoms with van der Waals surface area (Å²) in [4.78, 5) is 29.4. The fraction of sp³-hybridized carbons (Fsp3) is 0.619. The van der Waals surface area contributed by atoms with Gasteiger partial charge in [-0.05, 0) is 49.8 Å². The van der Waals surface area contributed by atoms with Crippen LogP contribution in [0.5, 0.6) is 0 Å². The molecule has 2 saturated heterocycles. The summed E-state index contributed by atoms with van der Waals surface area (Å²) in [5.41, 5.74) is 2.06. The zero-order chi connectivity index (χ0) is 21.0. The lowest BCUT2D eigenvalue weighted by molar-refractivity contribution is -0.139. The Bertz CT molecular complexity index is 838. The molecule has 2 fully saturated rings. The molecule has 2 unspecified atom stereocenters. The maximum absolute atomic E-state index is 13.2. The van der Waals surface area contributed by atoms with Crippen LogP contribution >= 0.6 is 0 Å². The van der Waals surface area contributed by atoms with Crippen LogP contribution in [0, 0.1) is 5.92 Å². The number of carbonyl (C=O) groups is 2. The van der Waals surface area contributed by atoms with E-state index >= 15 is 0 Å². The molecule has 2 atom stereocenters. The molecule has 2 heterocycles. The third-order valence-electron chi connectivity index (χ3n) is 5.88. The number of hydrogen-bond acceptors (Lipinski definition) is 4. The molecule has 2 amide bonds. The molecule has 2 aliphatic heterocycles. The van der Waals surface area contributed by atoms with Gasteiger partial charge in [-0.15, -0.1) is 0 Å². The predicted octanol–water partition coefficient (Wildman–Crippen LogP) is 1.92. The minimum Gasteiger partial charge on any atom is -0.339 e. The van der Waals surface area contributed by atoms with Crippen LogP contribution in [0.2, 0.25) is 0 Å². The third kappa shape index (κ3) is 5.57. The lowest BCUT2D eigenvalue weighted by Crippen LogP contribution is -2.48. The van der Waals surface area contributed by atoms with Gasteiger partial charge in [0.2, 0.25) is 21.8 Å². The number of anilines is 1. The van der Waals surface area contributed by atoms with Gasteiger partial charge in [-0.2, -0.15) is 0 Å². The number of rotatable bonds is 7. The Morgan fingerprint density at radius 2 is 1.93 bits per heavy atom. The van der Waals surface area contributed by atoms with Gasteiger partial charge in [-0.25, -0.2) is 13.1 Å². The van der Waals surface area contributed by atoms with Crippen LogP contribution in [-0.4, -0.2) is 57.1 Å². The average Bonchev–Trinajstić information content (AvgIpc) is 3.08. The molecule has 29 heavy (non-hydrogen) atoms. The largest absolute Gasteiger partial charge is 0.339 e. The molecule has 0 bridgehead atoms. The van der Waals surface area contributed by atoms with E-state index < -0.39 is 10.0 Å². The molecule has 8 heteroatoms. The van der Waals surface area contributed by atoms with Crippen molar-refractivity contribution in [1.29, 1.82) is 0 Å². The lowest BCUT2D eigenvalue weighted by Gasteiger charge is -2.37. The van der Waals surface area contributed by atoms with E-state index in [-0.39, 0.29) is 30.2 Å². The smallest absolute Gasteiger partial charge is 0.228 e. The van der Waals surface area contributed by atoms with Gasteiger partial charge in [-0.3, -0.25) is 9.59 Å². The van der Waals surface area contributed by atoms with Crippen molar-refractivity contribution in [3.63, 3.8) is 0 Å². The molecule has 0 aromatic heterocycles. The van der Waals surface area contributed by atoms with Gasteiger partial charge in [0.15, 0.2) is 0 Å². The van der Waals surface area contributed by atoms with Crippen molar-refractivity contribution in [1.82, 2.24) is 9.62 Å². The molecule has 1 aromatic carbocycles. The van der Waals surface area contributed by atoms with Crippen LogP contribution < -0.4 is 9.62 Å². The lowest BCUT2D eigenvalue weighted by atomic mass is 9.96. The molecular weight excluding hydrogens is 390 g/mol. The van der Waals surface area contributed by atoms with Crippen molar-refractivity contribution in [2.75, 3.05) is 30.8 Å². The Labute approximate surface area is 173 Å². The Morgan fingerprint density at radius 1 is 1.21 bits per heavy atom. The third-order valence-corrected chi connectivity index (χ3v) is 6.61. The summed E-state index contributed by atoms with van der Waals surface area (Å²) in [6.45, 7) is 3.50. The van der Waals surface area contributed by atoms with Crippen molar-refractivity contribution in [3.05, 3.63) is 29.8 Å². The molecule has 3 rings (SSSR count). The molecule has 0 aliphatic carbocycles. The van der Waals surface area contributed by atoms with Crippen LogP contribution in [0.3, 0.4) is 0 Å². The van der Waals surface area contributed by atoms with Crippen LogP contribution in [0.1, 0.15) is 44.6 Å². The van der Waals surface area contributed by atoms with Crippen molar-refractivity contribution in [2.24, 2.45) is 5.92 Å². The second-order valence-corrected chi connectivity index (χ2v) is 9.89. The van der Waals surface area contributed by atoms with Gasteiger partial charge in [0, 0.05) is 37.8 Å². The highest BCUT2D eigenvalue weighted by Crippen LogP contribution is 2.29. The topological polar surface area (TPSA) is 86.8 Å². The first-order valence-electron chi connectivity index (χ1n) is 10.4. The minimum atomic E-state index is -3.23. The first kappa shape index (κ1) is 21.8. The molecule has 7 nitrogen and oxygen atoms in total. The maximum atomic E-state index is 13.2. The average molecular weight is 422 g/mol.